The fourth-order valence-corrected chi connectivity index (χ4v) is 1.07. The van der Waals surface area contributed by atoms with Crippen molar-refractivity contribution >= 4 is 5.69 Å². The molecule has 0 fully saturated rings. The van der Waals surface area contributed by atoms with Gasteiger partial charge in [0.25, 0.3) is 5.56 Å². The summed E-state index contributed by atoms with van der Waals surface area (Å²) in [5, 5.41) is 27.5. The van der Waals surface area contributed by atoms with Crippen molar-refractivity contribution in [3.63, 3.8) is 0 Å². The van der Waals surface area contributed by atoms with Crippen LogP contribution in [0.25, 0.3) is 0 Å². The minimum atomic E-state index is -0.936. The van der Waals surface area contributed by atoms with E-state index < -0.39 is 21.9 Å². The van der Waals surface area contributed by atoms with Gasteiger partial charge in [-0.05, 0) is 6.07 Å². The molecule has 4 N–H and O–H groups in total. The van der Waals surface area contributed by atoms with E-state index in [2.05, 4.69) is 9.97 Å². The zero-order chi connectivity index (χ0) is 14.4. The molecule has 0 aromatic carbocycles. The summed E-state index contributed by atoms with van der Waals surface area (Å²) in [5.74, 6) is -0.632. The van der Waals surface area contributed by atoms with Crippen LogP contribution in [0, 0.1) is 10.1 Å². The molecule has 0 atom stereocenters. The molecule has 2 heterocycles. The molecule has 2 aromatic rings. The van der Waals surface area contributed by atoms with Gasteiger partial charge in [-0.3, -0.25) is 19.7 Å². The second-order valence-corrected chi connectivity index (χ2v) is 3.21. The second kappa shape index (κ2) is 6.00. The molecule has 0 saturated carbocycles. The smallest absolute Gasteiger partial charge is 0.374 e. The molecular formula is C10H9N3O6. The quantitative estimate of drug-likeness (QED) is 0.424. The molecule has 2 rings (SSSR count). The Morgan fingerprint density at radius 1 is 1.11 bits per heavy atom. The number of nitrogens with zero attached hydrogens (tertiary/aromatic N) is 1. The zero-order valence-corrected chi connectivity index (χ0v) is 9.36. The average Bonchev–Trinajstić information content (AvgIpc) is 2.28. The van der Waals surface area contributed by atoms with Crippen molar-refractivity contribution in [1.29, 1.82) is 0 Å². The topological polar surface area (TPSA) is 149 Å². The van der Waals surface area contributed by atoms with Crippen molar-refractivity contribution in [3.05, 3.63) is 61.4 Å². The minimum absolute atomic E-state index is 0.00579. The van der Waals surface area contributed by atoms with Crippen molar-refractivity contribution in [2.24, 2.45) is 0 Å². The number of nitro groups is 1. The van der Waals surface area contributed by atoms with Gasteiger partial charge in [-0.25, -0.2) is 0 Å². The summed E-state index contributed by atoms with van der Waals surface area (Å²) in [6.45, 7) is 0. The van der Waals surface area contributed by atoms with Gasteiger partial charge in [0.2, 0.25) is 5.75 Å². The Kier molecular flexibility index (Phi) is 4.41. The Morgan fingerprint density at radius 3 is 2.11 bits per heavy atom. The maximum Gasteiger partial charge on any atom is 0.374 e. The highest BCUT2D eigenvalue weighted by molar-refractivity contribution is 5.41. The number of pyridine rings is 2. The number of H-pyrrole nitrogens is 2. The van der Waals surface area contributed by atoms with E-state index in [0.29, 0.717) is 0 Å². The number of aromatic nitrogens is 2. The monoisotopic (exact) mass is 267 g/mol. The van der Waals surface area contributed by atoms with Gasteiger partial charge in [0.15, 0.2) is 0 Å². The molecule has 0 aliphatic heterocycles. The highest BCUT2D eigenvalue weighted by Crippen LogP contribution is 2.17. The van der Waals surface area contributed by atoms with Crippen LogP contribution in [0.4, 0.5) is 5.69 Å². The largest absolute Gasteiger partial charge is 0.508 e. The third-order valence-corrected chi connectivity index (χ3v) is 1.85. The maximum absolute atomic E-state index is 10.6. The first-order chi connectivity index (χ1) is 8.91. The molecular weight excluding hydrogens is 258 g/mol. The van der Waals surface area contributed by atoms with E-state index >= 15 is 0 Å². The van der Waals surface area contributed by atoms with Crippen LogP contribution in [0.2, 0.25) is 0 Å². The van der Waals surface area contributed by atoms with Crippen LogP contribution in [-0.4, -0.2) is 25.1 Å². The van der Waals surface area contributed by atoms with E-state index in [1.54, 1.807) is 0 Å². The van der Waals surface area contributed by atoms with Crippen molar-refractivity contribution in [1.82, 2.24) is 9.97 Å². The van der Waals surface area contributed by atoms with Gasteiger partial charge in [0.05, 0.1) is 4.92 Å². The Balaban J connectivity index is 0.000000200. The fourth-order valence-electron chi connectivity index (χ4n) is 1.07. The van der Waals surface area contributed by atoms with Gasteiger partial charge in [-0.15, -0.1) is 0 Å². The zero-order valence-electron chi connectivity index (χ0n) is 9.36. The number of hydrogen-bond donors (Lipinski definition) is 4. The lowest BCUT2D eigenvalue weighted by atomic mass is 10.4. The van der Waals surface area contributed by atoms with Crippen molar-refractivity contribution < 1.29 is 15.1 Å². The number of nitrogens with one attached hydrogen (secondary N) is 2. The normalized spacial score (nSPS) is 9.26. The lowest BCUT2D eigenvalue weighted by Gasteiger charge is -1.91. The molecule has 0 aliphatic carbocycles. The van der Waals surface area contributed by atoms with Crippen LogP contribution in [0.3, 0.4) is 0 Å². The van der Waals surface area contributed by atoms with Crippen LogP contribution in [0.15, 0.2) is 40.2 Å². The molecule has 0 amide bonds. The van der Waals surface area contributed by atoms with E-state index in [1.807, 2.05) is 0 Å². The van der Waals surface area contributed by atoms with E-state index in [1.165, 1.54) is 12.3 Å². The summed E-state index contributed by atoms with van der Waals surface area (Å²) in [4.78, 5) is 34.5. The Hall–Kier alpha value is -3.10. The van der Waals surface area contributed by atoms with Gasteiger partial charge in [0, 0.05) is 24.5 Å². The maximum atomic E-state index is 10.6. The number of hydrogen-bond acceptors (Lipinski definition) is 6. The summed E-state index contributed by atoms with van der Waals surface area (Å²) in [5.41, 5.74) is -2.02. The Morgan fingerprint density at radius 2 is 1.74 bits per heavy atom. The Labute approximate surface area is 104 Å². The number of aromatic amines is 2. The molecule has 9 heteroatoms. The van der Waals surface area contributed by atoms with E-state index in [9.17, 15) is 19.7 Å². The summed E-state index contributed by atoms with van der Waals surface area (Å²) < 4.78 is 0. The lowest BCUT2D eigenvalue weighted by molar-refractivity contribution is -0.387. The predicted octanol–water partition coefficient (Wildman–Crippen LogP) is 0.0692. The van der Waals surface area contributed by atoms with Gasteiger partial charge in [0.1, 0.15) is 5.75 Å². The third-order valence-electron chi connectivity index (χ3n) is 1.85. The molecule has 19 heavy (non-hydrogen) atoms. The number of aromatic hydroxyl groups is 2. The van der Waals surface area contributed by atoms with Gasteiger partial charge in [-0.2, -0.15) is 0 Å². The Bertz CT molecular complexity index is 690. The molecule has 0 spiro atoms. The highest BCUT2D eigenvalue weighted by atomic mass is 16.6. The standard InChI is InChI=1S/C5H4N2O4.C5H5NO2/c8-3-1-2-6-5(9)4(3)7(10)11;7-4-1-2-6-5(8)3-4/h1-2H,(H2,6,8,9);1-3H,(H2,6,7,8). The van der Waals surface area contributed by atoms with Crippen LogP contribution in [0.1, 0.15) is 0 Å². The van der Waals surface area contributed by atoms with Gasteiger partial charge < -0.3 is 20.2 Å². The summed E-state index contributed by atoms with van der Waals surface area (Å²) in [6.07, 6.45) is 2.52. The summed E-state index contributed by atoms with van der Waals surface area (Å²) in [6, 6.07) is 3.56. The molecule has 0 bridgehead atoms. The van der Waals surface area contributed by atoms with Crippen molar-refractivity contribution in [3.8, 4) is 11.5 Å². The molecule has 100 valence electrons. The first-order valence-corrected chi connectivity index (χ1v) is 4.84. The molecule has 0 saturated heterocycles. The number of rotatable bonds is 1. The molecule has 2 aromatic heterocycles. The third kappa shape index (κ3) is 4.00. The summed E-state index contributed by atoms with van der Waals surface area (Å²) in [7, 11) is 0. The fraction of sp³-hybridized carbons (Fsp3) is 0. The first kappa shape index (κ1) is 14.0. The minimum Gasteiger partial charge on any atom is -0.508 e. The van der Waals surface area contributed by atoms with E-state index in [0.717, 1.165) is 18.3 Å². The summed E-state index contributed by atoms with van der Waals surface area (Å²) >= 11 is 0. The van der Waals surface area contributed by atoms with E-state index in [4.69, 9.17) is 10.2 Å². The van der Waals surface area contributed by atoms with Crippen LogP contribution in [-0.2, 0) is 0 Å². The first-order valence-electron chi connectivity index (χ1n) is 4.84. The van der Waals surface area contributed by atoms with Crippen LogP contribution >= 0.6 is 0 Å². The van der Waals surface area contributed by atoms with Crippen molar-refractivity contribution in [2.75, 3.05) is 0 Å². The second-order valence-electron chi connectivity index (χ2n) is 3.21. The van der Waals surface area contributed by atoms with Gasteiger partial charge >= 0.3 is 11.2 Å². The van der Waals surface area contributed by atoms with Crippen molar-refractivity contribution in [2.45, 2.75) is 0 Å². The highest BCUT2D eigenvalue weighted by Gasteiger charge is 2.17. The van der Waals surface area contributed by atoms with Crippen LogP contribution < -0.4 is 11.1 Å². The molecule has 9 nitrogen and oxygen atoms in total. The SMILES string of the molecule is O=c1[nH]ccc(O)c1[N+](=O)[O-].O=c1cc(O)cc[nH]1. The molecule has 0 aliphatic rings. The van der Waals surface area contributed by atoms with Gasteiger partial charge in [-0.1, -0.05) is 0 Å². The average molecular weight is 267 g/mol. The predicted molar refractivity (Wildman–Crippen MR) is 64.1 cm³/mol. The van der Waals surface area contributed by atoms with E-state index in [-0.39, 0.29) is 11.3 Å². The molecule has 0 radical (unpaired) electrons. The lowest BCUT2D eigenvalue weighted by Crippen LogP contribution is -2.10. The van der Waals surface area contributed by atoms with Crippen LogP contribution in [0.5, 0.6) is 11.5 Å². The molecule has 0 unspecified atom stereocenters.